The summed E-state index contributed by atoms with van der Waals surface area (Å²) < 4.78 is 0. The zero-order chi connectivity index (χ0) is 14.2. The van der Waals surface area contributed by atoms with Gasteiger partial charge in [-0.15, -0.1) is 24.8 Å². The van der Waals surface area contributed by atoms with E-state index in [-0.39, 0.29) is 24.8 Å². The lowest BCUT2D eigenvalue weighted by molar-refractivity contribution is 0.577. The average molecular weight is 354 g/mol. The fourth-order valence-electron chi connectivity index (χ4n) is 3.46. The van der Waals surface area contributed by atoms with E-state index in [2.05, 4.69) is 26.3 Å². The van der Waals surface area contributed by atoms with E-state index in [0.717, 1.165) is 48.5 Å². The number of pyridine rings is 1. The van der Waals surface area contributed by atoms with Crippen molar-refractivity contribution in [3.63, 3.8) is 0 Å². The van der Waals surface area contributed by atoms with Crippen LogP contribution in [0, 0.1) is 12.8 Å². The van der Waals surface area contributed by atoms with E-state index in [4.69, 9.17) is 4.98 Å². The van der Waals surface area contributed by atoms with Gasteiger partial charge < -0.3 is 10.2 Å². The van der Waals surface area contributed by atoms with Crippen molar-refractivity contribution in [2.24, 2.45) is 5.92 Å². The number of anilines is 1. The van der Waals surface area contributed by atoms with Crippen LogP contribution in [0.4, 0.5) is 5.82 Å². The van der Waals surface area contributed by atoms with Gasteiger partial charge in [0.1, 0.15) is 5.82 Å². The maximum absolute atomic E-state index is 4.79. The van der Waals surface area contributed by atoms with Gasteiger partial charge in [0.15, 0.2) is 5.82 Å². The van der Waals surface area contributed by atoms with Crippen molar-refractivity contribution in [1.82, 2.24) is 20.3 Å². The van der Waals surface area contributed by atoms with Gasteiger partial charge in [0, 0.05) is 55.4 Å². The molecule has 2 aliphatic heterocycles. The molecule has 1 N–H and O–H groups in total. The Hall–Kier alpha value is -1.43. The third-order valence-electron chi connectivity index (χ3n) is 4.50. The topological polar surface area (TPSA) is 53.9 Å². The summed E-state index contributed by atoms with van der Waals surface area (Å²) in [5, 5.41) is 3.49. The van der Waals surface area contributed by atoms with Crippen molar-refractivity contribution < 1.29 is 0 Å². The Kier molecular flexibility index (Phi) is 5.79. The summed E-state index contributed by atoms with van der Waals surface area (Å²) in [7, 11) is 0. The number of nitrogens with zero attached hydrogens (tertiary/aromatic N) is 4. The Morgan fingerprint density at radius 2 is 2.09 bits per heavy atom. The third kappa shape index (κ3) is 3.42. The first kappa shape index (κ1) is 17.9. The minimum Gasteiger partial charge on any atom is -0.352 e. The molecule has 23 heavy (non-hydrogen) atoms. The average Bonchev–Trinajstić information content (AvgIpc) is 3.10. The van der Waals surface area contributed by atoms with Gasteiger partial charge in [-0.2, -0.15) is 0 Å². The Balaban J connectivity index is 0.000000960. The van der Waals surface area contributed by atoms with Crippen molar-refractivity contribution in [2.75, 3.05) is 24.5 Å². The molecule has 2 aliphatic rings. The van der Waals surface area contributed by atoms with Crippen molar-refractivity contribution in [1.29, 1.82) is 0 Å². The van der Waals surface area contributed by atoms with Gasteiger partial charge in [-0.3, -0.25) is 4.98 Å². The van der Waals surface area contributed by atoms with E-state index in [0.29, 0.717) is 6.04 Å². The van der Waals surface area contributed by atoms with Gasteiger partial charge in [0.2, 0.25) is 0 Å². The number of aromatic nitrogens is 3. The number of rotatable bonds is 2. The Morgan fingerprint density at radius 1 is 1.22 bits per heavy atom. The second-order valence-electron chi connectivity index (χ2n) is 5.90. The molecule has 2 aromatic rings. The van der Waals surface area contributed by atoms with Crippen LogP contribution in [0.1, 0.15) is 12.1 Å². The summed E-state index contributed by atoms with van der Waals surface area (Å²) in [4.78, 5) is 16.0. The third-order valence-corrected chi connectivity index (χ3v) is 4.50. The van der Waals surface area contributed by atoms with Crippen molar-refractivity contribution in [3.8, 4) is 11.4 Å². The van der Waals surface area contributed by atoms with Crippen LogP contribution in [0.5, 0.6) is 0 Å². The highest BCUT2D eigenvalue weighted by molar-refractivity contribution is 5.85. The summed E-state index contributed by atoms with van der Waals surface area (Å²) in [5.41, 5.74) is 1.98. The van der Waals surface area contributed by atoms with E-state index >= 15 is 0 Å². The van der Waals surface area contributed by atoms with Crippen molar-refractivity contribution >= 4 is 30.6 Å². The monoisotopic (exact) mass is 353 g/mol. The van der Waals surface area contributed by atoms with E-state index in [1.165, 1.54) is 6.42 Å². The zero-order valence-electron chi connectivity index (χ0n) is 13.0. The highest BCUT2D eigenvalue weighted by Gasteiger charge is 2.38. The summed E-state index contributed by atoms with van der Waals surface area (Å²) in [6, 6.07) is 6.62. The fraction of sp³-hybridized carbons (Fsp3) is 0.438. The number of hydrogen-bond acceptors (Lipinski definition) is 5. The summed E-state index contributed by atoms with van der Waals surface area (Å²) in [5.74, 6) is 2.59. The van der Waals surface area contributed by atoms with Crippen LogP contribution in [-0.4, -0.2) is 40.6 Å². The first-order valence-electron chi connectivity index (χ1n) is 7.55. The van der Waals surface area contributed by atoms with E-state index < -0.39 is 0 Å². The number of halogens is 2. The van der Waals surface area contributed by atoms with Crippen LogP contribution < -0.4 is 10.2 Å². The number of aryl methyl sites for hydroxylation is 1. The molecule has 2 saturated heterocycles. The summed E-state index contributed by atoms with van der Waals surface area (Å²) in [6.45, 7) is 5.34. The molecule has 2 fully saturated rings. The Labute approximate surface area is 148 Å². The first-order chi connectivity index (χ1) is 10.3. The van der Waals surface area contributed by atoms with Crippen LogP contribution >= 0.6 is 24.8 Å². The van der Waals surface area contributed by atoms with Gasteiger partial charge in [-0.25, -0.2) is 9.97 Å². The molecule has 0 unspecified atom stereocenters. The number of hydrogen-bond donors (Lipinski definition) is 1. The molecular formula is C16H21Cl2N5. The van der Waals surface area contributed by atoms with Crippen LogP contribution in [-0.2, 0) is 0 Å². The molecule has 7 heteroatoms. The fourth-order valence-corrected chi connectivity index (χ4v) is 3.46. The van der Waals surface area contributed by atoms with Gasteiger partial charge in [0.25, 0.3) is 0 Å². The molecule has 2 atom stereocenters. The summed E-state index contributed by atoms with van der Waals surface area (Å²) >= 11 is 0. The van der Waals surface area contributed by atoms with Crippen LogP contribution in [0.2, 0.25) is 0 Å². The van der Waals surface area contributed by atoms with Crippen molar-refractivity contribution in [2.45, 2.75) is 19.4 Å². The molecule has 0 spiro atoms. The molecule has 0 radical (unpaired) electrons. The SMILES string of the molecule is Cc1cc(N2CC[C@H]3CNC[C@H]32)nc(-c2cccnc2)n1.Cl.Cl. The predicted molar refractivity (Wildman–Crippen MR) is 96.6 cm³/mol. The molecule has 5 nitrogen and oxygen atoms in total. The Bertz CT molecular complexity index is 652. The quantitative estimate of drug-likeness (QED) is 0.898. The normalized spacial score (nSPS) is 22.2. The lowest BCUT2D eigenvalue weighted by atomic mass is 10.1. The van der Waals surface area contributed by atoms with Gasteiger partial charge in [-0.05, 0) is 31.4 Å². The van der Waals surface area contributed by atoms with E-state index in [9.17, 15) is 0 Å². The van der Waals surface area contributed by atoms with Crippen LogP contribution in [0.3, 0.4) is 0 Å². The maximum Gasteiger partial charge on any atom is 0.163 e. The predicted octanol–water partition coefficient (Wildman–Crippen LogP) is 2.49. The standard InChI is InChI=1S/C16H19N5.2ClH/c1-11-7-15(21-6-4-12-8-18-10-14(12)21)20-16(19-11)13-3-2-5-17-9-13;;/h2-3,5,7,9,12,14,18H,4,6,8,10H2,1H3;2*1H/t12-,14+;;/m0../s1. The molecule has 0 aromatic carbocycles. The van der Waals surface area contributed by atoms with Crippen LogP contribution in [0.25, 0.3) is 11.4 Å². The molecule has 4 heterocycles. The van der Waals surface area contributed by atoms with Gasteiger partial charge in [0.05, 0.1) is 0 Å². The molecule has 124 valence electrons. The molecule has 0 bridgehead atoms. The highest BCUT2D eigenvalue weighted by atomic mass is 35.5. The zero-order valence-corrected chi connectivity index (χ0v) is 14.6. The molecule has 0 saturated carbocycles. The summed E-state index contributed by atoms with van der Waals surface area (Å²) in [6.07, 6.45) is 4.85. The lowest BCUT2D eigenvalue weighted by Gasteiger charge is -2.25. The maximum atomic E-state index is 4.79. The van der Waals surface area contributed by atoms with Crippen LogP contribution in [0.15, 0.2) is 30.6 Å². The number of nitrogens with one attached hydrogen (secondary N) is 1. The largest absolute Gasteiger partial charge is 0.352 e. The molecule has 0 amide bonds. The van der Waals surface area contributed by atoms with Gasteiger partial charge >= 0.3 is 0 Å². The number of fused-ring (bicyclic) bond motifs is 1. The molecule has 4 rings (SSSR count). The minimum atomic E-state index is 0. The molecule has 2 aromatic heterocycles. The van der Waals surface area contributed by atoms with Gasteiger partial charge in [-0.1, -0.05) is 0 Å². The molecular weight excluding hydrogens is 333 g/mol. The second-order valence-corrected chi connectivity index (χ2v) is 5.90. The highest BCUT2D eigenvalue weighted by Crippen LogP contribution is 2.31. The first-order valence-corrected chi connectivity index (χ1v) is 7.55. The van der Waals surface area contributed by atoms with E-state index in [1.807, 2.05) is 25.3 Å². The minimum absolute atomic E-state index is 0. The Morgan fingerprint density at radius 3 is 2.87 bits per heavy atom. The van der Waals surface area contributed by atoms with E-state index in [1.54, 1.807) is 6.20 Å². The smallest absolute Gasteiger partial charge is 0.163 e. The lowest BCUT2D eigenvalue weighted by Crippen LogP contribution is -2.34. The molecule has 0 aliphatic carbocycles. The second kappa shape index (κ2) is 7.43. The van der Waals surface area contributed by atoms with Crippen molar-refractivity contribution in [3.05, 3.63) is 36.3 Å².